The van der Waals surface area contributed by atoms with Gasteiger partial charge < -0.3 is 53.2 Å². The van der Waals surface area contributed by atoms with Gasteiger partial charge in [0, 0.05) is 32.2 Å². The second kappa shape index (κ2) is 18.7. The van der Waals surface area contributed by atoms with Crippen LogP contribution in [0.15, 0.2) is 48.5 Å². The Morgan fingerprint density at radius 3 is 1.71 bits per heavy atom. The first-order valence-electron chi connectivity index (χ1n) is 14.9. The van der Waals surface area contributed by atoms with E-state index in [1.54, 1.807) is 31.2 Å². The highest BCUT2D eigenvalue weighted by Crippen LogP contribution is 2.13. The first-order chi connectivity index (χ1) is 21.3. The van der Waals surface area contributed by atoms with E-state index in [0.29, 0.717) is 19.4 Å². The molecule has 0 saturated carbocycles. The maximum absolute atomic E-state index is 12.7. The van der Waals surface area contributed by atoms with E-state index < -0.39 is 30.2 Å². The summed E-state index contributed by atoms with van der Waals surface area (Å²) in [5, 5.41) is 38.1. The van der Waals surface area contributed by atoms with Gasteiger partial charge in [-0.3, -0.25) is 0 Å². The van der Waals surface area contributed by atoms with Crippen LogP contribution >= 0.6 is 0 Å². The number of phenols is 2. The summed E-state index contributed by atoms with van der Waals surface area (Å²) in [4.78, 5) is 48.8. The SMILES string of the molecule is [CH2][C@H](CNC(=O)N[C@@H](C)CNC(=O)N[C@H](CNC(=O)N[C@H](CNC(N)=O)Cc1ccc(O)cc1)C(C)C)Cc1ccc(O)cc1. The molecular formula is C31H47N8O6. The Morgan fingerprint density at radius 1 is 0.667 bits per heavy atom. The number of primary amides is 1. The monoisotopic (exact) mass is 627 g/mol. The minimum atomic E-state index is -0.720. The third-order valence-electron chi connectivity index (χ3n) is 6.84. The number of nitrogens with one attached hydrogen (secondary N) is 7. The van der Waals surface area contributed by atoms with E-state index in [-0.39, 0.29) is 55.0 Å². The predicted octanol–water partition coefficient (Wildman–Crippen LogP) is 1.68. The molecule has 8 amide bonds. The number of benzene rings is 2. The van der Waals surface area contributed by atoms with Crippen molar-refractivity contribution in [3.05, 3.63) is 66.6 Å². The van der Waals surface area contributed by atoms with Gasteiger partial charge in [-0.1, -0.05) is 38.1 Å². The van der Waals surface area contributed by atoms with Crippen LogP contribution in [0.25, 0.3) is 0 Å². The summed E-state index contributed by atoms with van der Waals surface area (Å²) in [5.41, 5.74) is 7.03. The van der Waals surface area contributed by atoms with Crippen molar-refractivity contribution in [3.63, 3.8) is 0 Å². The molecule has 247 valence electrons. The summed E-state index contributed by atoms with van der Waals surface area (Å²) in [6, 6.07) is 10.0. The minimum absolute atomic E-state index is 0.0149. The largest absolute Gasteiger partial charge is 0.508 e. The summed E-state index contributed by atoms with van der Waals surface area (Å²) in [5.74, 6) is 0.224. The second-order valence-electron chi connectivity index (χ2n) is 11.4. The van der Waals surface area contributed by atoms with Gasteiger partial charge in [-0.15, -0.1) is 0 Å². The zero-order valence-corrected chi connectivity index (χ0v) is 26.1. The summed E-state index contributed by atoms with van der Waals surface area (Å²) in [6.07, 6.45) is 1.01. The highest BCUT2D eigenvalue weighted by molar-refractivity contribution is 5.76. The molecule has 11 N–H and O–H groups in total. The Bertz CT molecular complexity index is 1230. The number of rotatable bonds is 16. The zero-order valence-electron chi connectivity index (χ0n) is 26.1. The van der Waals surface area contributed by atoms with Gasteiger partial charge in [0.15, 0.2) is 0 Å². The van der Waals surface area contributed by atoms with Crippen LogP contribution in [-0.2, 0) is 12.8 Å². The fourth-order valence-corrected chi connectivity index (χ4v) is 4.27. The molecule has 2 rings (SSSR count). The molecule has 0 unspecified atom stereocenters. The molecule has 0 saturated heterocycles. The average molecular weight is 628 g/mol. The average Bonchev–Trinajstić information content (AvgIpc) is 2.98. The highest BCUT2D eigenvalue weighted by Gasteiger charge is 2.20. The number of phenolic OH excluding ortho intramolecular Hbond substituents is 2. The molecule has 0 aliphatic carbocycles. The van der Waals surface area contributed by atoms with Crippen LogP contribution in [-0.4, -0.2) is 78.6 Å². The van der Waals surface area contributed by atoms with Crippen molar-refractivity contribution < 1.29 is 29.4 Å². The molecule has 2 aromatic rings. The smallest absolute Gasteiger partial charge is 0.315 e. The Balaban J connectivity index is 1.73. The Morgan fingerprint density at radius 2 is 1.16 bits per heavy atom. The molecule has 0 aromatic heterocycles. The molecule has 45 heavy (non-hydrogen) atoms. The lowest BCUT2D eigenvalue weighted by Gasteiger charge is -2.25. The van der Waals surface area contributed by atoms with E-state index in [9.17, 15) is 29.4 Å². The fraction of sp³-hybridized carbons (Fsp3) is 0.452. The number of carbonyl (C=O) groups excluding carboxylic acids is 4. The maximum Gasteiger partial charge on any atom is 0.315 e. The number of hydrogen-bond acceptors (Lipinski definition) is 6. The first kappa shape index (κ1) is 36.3. The van der Waals surface area contributed by atoms with E-state index in [1.807, 2.05) is 26.0 Å². The van der Waals surface area contributed by atoms with Crippen molar-refractivity contribution in [2.24, 2.45) is 17.6 Å². The van der Waals surface area contributed by atoms with Gasteiger partial charge in [-0.05, 0) is 73.9 Å². The van der Waals surface area contributed by atoms with Crippen LogP contribution in [0.3, 0.4) is 0 Å². The molecule has 14 nitrogen and oxygen atoms in total. The number of amides is 8. The van der Waals surface area contributed by atoms with E-state index in [4.69, 9.17) is 5.73 Å². The third-order valence-corrected chi connectivity index (χ3v) is 6.84. The van der Waals surface area contributed by atoms with Gasteiger partial charge in [0.1, 0.15) is 11.5 Å². The lowest BCUT2D eigenvalue weighted by atomic mass is 10.0. The zero-order chi connectivity index (χ0) is 33.4. The van der Waals surface area contributed by atoms with Gasteiger partial charge in [0.05, 0.1) is 12.1 Å². The lowest BCUT2D eigenvalue weighted by Crippen LogP contribution is -2.55. The van der Waals surface area contributed by atoms with E-state index >= 15 is 0 Å². The molecule has 0 aliphatic heterocycles. The number of aromatic hydroxyl groups is 2. The molecule has 0 aliphatic rings. The third kappa shape index (κ3) is 15.4. The van der Waals surface area contributed by atoms with E-state index in [2.05, 4.69) is 44.1 Å². The Kier molecular flexibility index (Phi) is 15.1. The van der Waals surface area contributed by atoms with Crippen molar-refractivity contribution in [2.75, 3.05) is 26.2 Å². The number of nitrogens with two attached hydrogens (primary N) is 1. The molecule has 2 aromatic carbocycles. The van der Waals surface area contributed by atoms with Crippen LogP contribution < -0.4 is 43.0 Å². The normalized spacial score (nSPS) is 13.4. The number of hydrogen-bond donors (Lipinski definition) is 10. The van der Waals surface area contributed by atoms with Gasteiger partial charge in [0.25, 0.3) is 0 Å². The summed E-state index contributed by atoms with van der Waals surface area (Å²) >= 11 is 0. The lowest BCUT2D eigenvalue weighted by molar-refractivity contribution is 0.223. The van der Waals surface area contributed by atoms with Crippen molar-refractivity contribution in [1.29, 1.82) is 0 Å². The van der Waals surface area contributed by atoms with Crippen molar-refractivity contribution in [1.82, 2.24) is 37.2 Å². The highest BCUT2D eigenvalue weighted by atomic mass is 16.3. The van der Waals surface area contributed by atoms with E-state index in [1.165, 1.54) is 12.1 Å². The summed E-state index contributed by atoms with van der Waals surface area (Å²) in [7, 11) is 0. The van der Waals surface area contributed by atoms with Gasteiger partial charge >= 0.3 is 24.1 Å². The van der Waals surface area contributed by atoms with Gasteiger partial charge in [-0.2, -0.15) is 0 Å². The molecule has 4 atom stereocenters. The molecular weight excluding hydrogens is 580 g/mol. The van der Waals surface area contributed by atoms with Crippen molar-refractivity contribution in [3.8, 4) is 11.5 Å². The quantitative estimate of drug-likeness (QED) is 0.133. The van der Waals surface area contributed by atoms with E-state index in [0.717, 1.165) is 11.1 Å². The van der Waals surface area contributed by atoms with Crippen LogP contribution in [0.4, 0.5) is 19.2 Å². The fourth-order valence-electron chi connectivity index (χ4n) is 4.27. The Labute approximate surface area is 264 Å². The van der Waals surface area contributed by atoms with Crippen molar-refractivity contribution in [2.45, 2.75) is 51.7 Å². The summed E-state index contributed by atoms with van der Waals surface area (Å²) < 4.78 is 0. The van der Waals surface area contributed by atoms with Crippen LogP contribution in [0, 0.1) is 18.8 Å². The first-order valence-corrected chi connectivity index (χ1v) is 14.9. The molecule has 0 bridgehead atoms. The molecule has 0 fully saturated rings. The number of urea groups is 4. The molecule has 14 heteroatoms. The molecule has 0 heterocycles. The maximum atomic E-state index is 12.7. The molecule has 1 radical (unpaired) electrons. The minimum Gasteiger partial charge on any atom is -0.508 e. The van der Waals surface area contributed by atoms with Crippen LogP contribution in [0.2, 0.25) is 0 Å². The predicted molar refractivity (Wildman–Crippen MR) is 172 cm³/mol. The van der Waals surface area contributed by atoms with Crippen molar-refractivity contribution >= 4 is 24.1 Å². The van der Waals surface area contributed by atoms with Crippen LogP contribution in [0.1, 0.15) is 31.9 Å². The van der Waals surface area contributed by atoms with Crippen LogP contribution in [0.5, 0.6) is 11.5 Å². The van der Waals surface area contributed by atoms with Gasteiger partial charge in [0.2, 0.25) is 0 Å². The second-order valence-corrected chi connectivity index (χ2v) is 11.4. The standard InChI is InChI=1S/C31H47N8O6/c1-19(2)27(18-36-30(44)38-24(17-33-28(32)42)14-23-7-11-26(41)12-8-23)39-31(45)35-16-21(4)37-29(43)34-15-20(3)13-22-5-9-25(40)10-6-22/h5-12,19-21,24,27,40-41H,3,13-18H2,1-2,4H3,(H3,32,33,42)(H2,34,37,43)(H2,35,39,45)(H2,36,38,44)/t20-,21-,24-,27+/m0/s1. The number of carbonyl (C=O) groups is 4. The molecule has 0 spiro atoms. The Hall–Kier alpha value is -4.88. The summed E-state index contributed by atoms with van der Waals surface area (Å²) in [6.45, 7) is 10.4. The topological polar surface area (TPSA) is 219 Å². The van der Waals surface area contributed by atoms with Gasteiger partial charge in [-0.25, -0.2) is 19.2 Å².